The van der Waals surface area contributed by atoms with Crippen molar-refractivity contribution in [1.82, 2.24) is 4.98 Å². The molecule has 22 heavy (non-hydrogen) atoms. The number of rotatable bonds is 5. The van der Waals surface area contributed by atoms with Crippen molar-refractivity contribution in [2.24, 2.45) is 0 Å². The zero-order valence-electron chi connectivity index (χ0n) is 12.2. The van der Waals surface area contributed by atoms with Gasteiger partial charge in [0.25, 0.3) is 5.91 Å². The van der Waals surface area contributed by atoms with E-state index in [1.807, 2.05) is 12.1 Å². The Labute approximate surface area is 132 Å². The first-order valence-electron chi connectivity index (χ1n) is 7.13. The second kappa shape index (κ2) is 6.27. The van der Waals surface area contributed by atoms with Crippen molar-refractivity contribution in [3.63, 3.8) is 0 Å². The molecule has 1 aliphatic rings. The van der Waals surface area contributed by atoms with Crippen molar-refractivity contribution in [3.05, 3.63) is 40.4 Å². The molecule has 3 rings (SSSR count). The van der Waals surface area contributed by atoms with Gasteiger partial charge in [-0.15, -0.1) is 11.3 Å². The van der Waals surface area contributed by atoms with Crippen LogP contribution < -0.4 is 10.1 Å². The van der Waals surface area contributed by atoms with Crippen LogP contribution >= 0.6 is 11.3 Å². The number of carbonyl (C=O) groups is 2. The third-order valence-corrected chi connectivity index (χ3v) is 4.31. The average molecular weight is 316 g/mol. The Kier molecular flexibility index (Phi) is 4.20. The molecule has 0 saturated carbocycles. The smallest absolute Gasteiger partial charge is 0.264 e. The molecule has 0 unspecified atom stereocenters. The lowest BCUT2D eigenvalue weighted by atomic mass is 10.1. The number of anilines is 1. The Balaban J connectivity index is 1.54. The normalized spacial score (nSPS) is 12.8. The number of fused-ring (bicyclic) bond motifs is 1. The molecular formula is C16H16N2O3S. The molecule has 6 heteroatoms. The summed E-state index contributed by atoms with van der Waals surface area (Å²) in [6.45, 7) is 1.37. The van der Waals surface area contributed by atoms with Crippen molar-refractivity contribution >= 4 is 28.2 Å². The topological polar surface area (TPSA) is 68.3 Å². The lowest BCUT2D eigenvalue weighted by Crippen LogP contribution is -2.20. The molecule has 114 valence electrons. The molecule has 1 aromatic heterocycles. The molecule has 0 fully saturated rings. The molecule has 0 saturated heterocycles. The van der Waals surface area contributed by atoms with Crippen molar-refractivity contribution in [1.29, 1.82) is 0 Å². The van der Waals surface area contributed by atoms with Crippen LogP contribution in [-0.4, -0.2) is 23.3 Å². The predicted molar refractivity (Wildman–Crippen MR) is 84.7 cm³/mol. The highest BCUT2D eigenvalue weighted by atomic mass is 32.1. The molecule has 2 aromatic rings. The summed E-state index contributed by atoms with van der Waals surface area (Å²) in [5.74, 6) is 0.301. The number of hydrogen-bond donors (Lipinski definition) is 1. The third-order valence-electron chi connectivity index (χ3n) is 3.55. The van der Waals surface area contributed by atoms with Gasteiger partial charge in [0.1, 0.15) is 11.4 Å². The fourth-order valence-electron chi connectivity index (χ4n) is 2.44. The van der Waals surface area contributed by atoms with Crippen LogP contribution in [0.1, 0.15) is 35.0 Å². The van der Waals surface area contributed by atoms with E-state index in [2.05, 4.69) is 16.4 Å². The summed E-state index contributed by atoms with van der Waals surface area (Å²) < 4.78 is 5.52. The molecule has 0 bridgehead atoms. The molecule has 0 atom stereocenters. The van der Waals surface area contributed by atoms with Gasteiger partial charge >= 0.3 is 0 Å². The Morgan fingerprint density at radius 3 is 2.91 bits per heavy atom. The van der Waals surface area contributed by atoms with Crippen molar-refractivity contribution < 1.29 is 14.3 Å². The quantitative estimate of drug-likeness (QED) is 0.861. The Morgan fingerprint density at radius 2 is 2.14 bits per heavy atom. The molecule has 0 spiro atoms. The number of benzene rings is 1. The number of thiazole rings is 1. The van der Waals surface area contributed by atoms with E-state index in [9.17, 15) is 9.59 Å². The maximum atomic E-state index is 11.8. The molecule has 1 aliphatic carbocycles. The summed E-state index contributed by atoms with van der Waals surface area (Å²) in [6, 6.07) is 5.97. The van der Waals surface area contributed by atoms with Gasteiger partial charge in [0.2, 0.25) is 0 Å². The van der Waals surface area contributed by atoms with Gasteiger partial charge in [0.15, 0.2) is 17.5 Å². The highest BCUT2D eigenvalue weighted by molar-refractivity contribution is 7.14. The zero-order valence-corrected chi connectivity index (χ0v) is 13.0. The van der Waals surface area contributed by atoms with Crippen LogP contribution in [0.25, 0.3) is 0 Å². The van der Waals surface area contributed by atoms with Gasteiger partial charge < -0.3 is 4.74 Å². The minimum Gasteiger partial charge on any atom is -0.484 e. The summed E-state index contributed by atoms with van der Waals surface area (Å²) in [6.07, 6.45) is 3.38. The highest BCUT2D eigenvalue weighted by Crippen LogP contribution is 2.26. The van der Waals surface area contributed by atoms with Crippen LogP contribution in [0.3, 0.4) is 0 Å². The molecule has 1 heterocycles. The lowest BCUT2D eigenvalue weighted by molar-refractivity contribution is -0.118. The lowest BCUT2D eigenvalue weighted by Gasteiger charge is -2.07. The SMILES string of the molecule is CC(=O)c1csc(NC(=O)COc2ccc3c(c2)CCC3)n1. The van der Waals surface area contributed by atoms with Gasteiger partial charge in [0, 0.05) is 12.3 Å². The van der Waals surface area contributed by atoms with Gasteiger partial charge in [-0.1, -0.05) is 6.07 Å². The fraction of sp³-hybridized carbons (Fsp3) is 0.312. The summed E-state index contributed by atoms with van der Waals surface area (Å²) in [7, 11) is 0. The molecule has 1 N–H and O–H groups in total. The van der Waals surface area contributed by atoms with E-state index in [1.165, 1.54) is 35.8 Å². The Hall–Kier alpha value is -2.21. The van der Waals surface area contributed by atoms with E-state index in [0.29, 0.717) is 16.6 Å². The summed E-state index contributed by atoms with van der Waals surface area (Å²) in [4.78, 5) is 27.0. The van der Waals surface area contributed by atoms with E-state index >= 15 is 0 Å². The number of hydrogen-bond acceptors (Lipinski definition) is 5. The van der Waals surface area contributed by atoms with Gasteiger partial charge in [-0.25, -0.2) is 4.98 Å². The second-order valence-electron chi connectivity index (χ2n) is 5.22. The maximum absolute atomic E-state index is 11.8. The van der Waals surface area contributed by atoms with E-state index in [4.69, 9.17) is 4.74 Å². The number of carbonyl (C=O) groups excluding carboxylic acids is 2. The number of nitrogens with one attached hydrogen (secondary N) is 1. The van der Waals surface area contributed by atoms with E-state index in [-0.39, 0.29) is 18.3 Å². The van der Waals surface area contributed by atoms with Crippen molar-refractivity contribution in [3.8, 4) is 5.75 Å². The standard InChI is InChI=1S/C16H16N2O3S/c1-10(19)14-9-22-16(17-14)18-15(20)8-21-13-6-5-11-3-2-4-12(11)7-13/h5-7,9H,2-4,8H2,1H3,(H,17,18,20). The van der Waals surface area contributed by atoms with Crippen molar-refractivity contribution in [2.45, 2.75) is 26.2 Å². The summed E-state index contributed by atoms with van der Waals surface area (Å²) in [5, 5.41) is 4.67. The largest absolute Gasteiger partial charge is 0.484 e. The van der Waals surface area contributed by atoms with Gasteiger partial charge in [-0.05, 0) is 42.5 Å². The van der Waals surface area contributed by atoms with E-state index in [0.717, 1.165) is 12.8 Å². The molecule has 0 aliphatic heterocycles. The second-order valence-corrected chi connectivity index (χ2v) is 6.07. The van der Waals surface area contributed by atoms with Gasteiger partial charge in [-0.3, -0.25) is 14.9 Å². The summed E-state index contributed by atoms with van der Waals surface area (Å²) >= 11 is 1.22. The predicted octanol–water partition coefficient (Wildman–Crippen LogP) is 2.85. The van der Waals surface area contributed by atoms with E-state index < -0.39 is 0 Å². The van der Waals surface area contributed by atoms with Crippen LogP contribution in [0.5, 0.6) is 5.75 Å². The maximum Gasteiger partial charge on any atom is 0.264 e. The first kappa shape index (κ1) is 14.7. The third kappa shape index (κ3) is 3.33. The zero-order chi connectivity index (χ0) is 15.5. The molecule has 1 amide bonds. The van der Waals surface area contributed by atoms with Gasteiger partial charge in [0.05, 0.1) is 0 Å². The fourth-order valence-corrected chi connectivity index (χ4v) is 3.20. The number of ketones is 1. The monoisotopic (exact) mass is 316 g/mol. The molecule has 0 radical (unpaired) electrons. The molecule has 5 nitrogen and oxygen atoms in total. The first-order chi connectivity index (χ1) is 10.6. The summed E-state index contributed by atoms with van der Waals surface area (Å²) in [5.41, 5.74) is 3.04. The number of amides is 1. The van der Waals surface area contributed by atoms with Crippen LogP contribution in [-0.2, 0) is 17.6 Å². The van der Waals surface area contributed by atoms with Crippen molar-refractivity contribution in [2.75, 3.05) is 11.9 Å². The highest BCUT2D eigenvalue weighted by Gasteiger charge is 2.13. The minimum atomic E-state index is -0.287. The number of aryl methyl sites for hydroxylation is 2. The van der Waals surface area contributed by atoms with E-state index in [1.54, 1.807) is 5.38 Å². The number of nitrogens with zero attached hydrogens (tertiary/aromatic N) is 1. The molecular weight excluding hydrogens is 300 g/mol. The average Bonchev–Trinajstić information content (AvgIpc) is 3.13. The minimum absolute atomic E-state index is 0.0756. The van der Waals surface area contributed by atoms with Crippen LogP contribution in [0.15, 0.2) is 23.6 Å². The van der Waals surface area contributed by atoms with Crippen LogP contribution in [0.2, 0.25) is 0 Å². The van der Waals surface area contributed by atoms with Gasteiger partial charge in [-0.2, -0.15) is 0 Å². The first-order valence-corrected chi connectivity index (χ1v) is 8.01. The van der Waals surface area contributed by atoms with Crippen LogP contribution in [0.4, 0.5) is 5.13 Å². The molecule has 1 aromatic carbocycles. The number of aromatic nitrogens is 1. The Bertz CT molecular complexity index is 724. The van der Waals surface area contributed by atoms with Crippen LogP contribution in [0, 0.1) is 0 Å². The Morgan fingerprint density at radius 1 is 1.32 bits per heavy atom. The number of ether oxygens (including phenoxy) is 1. The number of Topliss-reactive ketones (excluding diaryl/α,β-unsaturated/α-hetero) is 1.